The van der Waals surface area contributed by atoms with Crippen LogP contribution < -0.4 is 10.6 Å². The van der Waals surface area contributed by atoms with Gasteiger partial charge in [-0.15, -0.1) is 4.40 Å². The highest BCUT2D eigenvalue weighted by molar-refractivity contribution is 9.11. The summed E-state index contributed by atoms with van der Waals surface area (Å²) in [6, 6.07) is 13.0. The third-order valence-electron chi connectivity index (χ3n) is 4.64. The average Bonchev–Trinajstić information content (AvgIpc) is 3.03. The smallest absolute Gasteiger partial charge is 0.285 e. The third kappa shape index (κ3) is 3.84. The second-order valence-corrected chi connectivity index (χ2v) is 10.1. The second kappa shape index (κ2) is 7.58. The molecule has 2 heterocycles. The number of hydrogen-bond donors (Lipinski definition) is 2. The van der Waals surface area contributed by atoms with Crippen molar-refractivity contribution in [1.82, 2.24) is 15.5 Å². The van der Waals surface area contributed by atoms with Gasteiger partial charge >= 0.3 is 0 Å². The van der Waals surface area contributed by atoms with Gasteiger partial charge in [-0.2, -0.15) is 8.42 Å². The molecule has 1 amide bonds. The number of nitrogens with zero attached hydrogens (tertiary/aromatic N) is 2. The number of benzene rings is 2. The number of amides is 1. The molecule has 2 unspecified atom stereocenters. The number of halogens is 2. The highest BCUT2D eigenvalue weighted by Crippen LogP contribution is 2.35. The summed E-state index contributed by atoms with van der Waals surface area (Å²) in [5.74, 6) is -0.170. The first-order valence-corrected chi connectivity index (χ1v) is 11.7. The molecule has 2 atom stereocenters. The van der Waals surface area contributed by atoms with Gasteiger partial charge in [0.2, 0.25) is 11.9 Å². The van der Waals surface area contributed by atoms with Gasteiger partial charge in [0.15, 0.2) is 0 Å². The van der Waals surface area contributed by atoms with Crippen LogP contribution in [-0.4, -0.2) is 31.4 Å². The Hall–Kier alpha value is -2.17. The molecular weight excluding hydrogens is 524 g/mol. The van der Waals surface area contributed by atoms with Crippen molar-refractivity contribution in [3.05, 3.63) is 74.8 Å². The van der Waals surface area contributed by atoms with Gasteiger partial charge in [0.1, 0.15) is 12.2 Å². The molecule has 2 N–H and O–H groups in total. The van der Waals surface area contributed by atoms with Crippen LogP contribution in [0.2, 0.25) is 0 Å². The standard InChI is InChI=1S/C19H16Br2N4O3S/c1-11-2-8-14(9-3-11)29(27,28)24-19-22-10-15(21)17-23-18(26)16(25(17)19)12-4-6-13(20)7-5-12/h2-10,16-17H,1H3,(H,22,24)(H,23,26). The molecule has 2 aromatic rings. The van der Waals surface area contributed by atoms with E-state index >= 15 is 0 Å². The van der Waals surface area contributed by atoms with Crippen LogP contribution in [0.1, 0.15) is 17.2 Å². The molecule has 0 spiro atoms. The number of nitrogens with one attached hydrogen (secondary N) is 2. The van der Waals surface area contributed by atoms with E-state index in [0.29, 0.717) is 4.48 Å². The van der Waals surface area contributed by atoms with Crippen LogP contribution in [0.3, 0.4) is 0 Å². The van der Waals surface area contributed by atoms with Crippen LogP contribution in [-0.2, 0) is 14.8 Å². The van der Waals surface area contributed by atoms with E-state index in [1.165, 1.54) is 12.1 Å². The summed E-state index contributed by atoms with van der Waals surface area (Å²) in [5, 5.41) is 5.77. The van der Waals surface area contributed by atoms with Crippen LogP contribution in [0.15, 0.2) is 73.0 Å². The normalized spacial score (nSPS) is 22.7. The van der Waals surface area contributed by atoms with Crippen molar-refractivity contribution in [2.45, 2.75) is 24.0 Å². The Bertz CT molecular complexity index is 1130. The molecule has 150 valence electrons. The van der Waals surface area contributed by atoms with E-state index in [4.69, 9.17) is 0 Å². The molecule has 29 heavy (non-hydrogen) atoms. The first-order valence-electron chi connectivity index (χ1n) is 8.64. The fourth-order valence-electron chi connectivity index (χ4n) is 3.20. The van der Waals surface area contributed by atoms with Gasteiger partial charge in [-0.3, -0.25) is 4.79 Å². The predicted octanol–water partition coefficient (Wildman–Crippen LogP) is 3.14. The summed E-state index contributed by atoms with van der Waals surface area (Å²) in [5.41, 5.74) is 1.67. The van der Waals surface area contributed by atoms with Gasteiger partial charge in [0.25, 0.3) is 10.0 Å². The van der Waals surface area contributed by atoms with E-state index in [-0.39, 0.29) is 16.8 Å². The fourth-order valence-corrected chi connectivity index (χ4v) is 4.87. The molecule has 2 aliphatic heterocycles. The molecule has 4 rings (SSSR count). The van der Waals surface area contributed by atoms with Crippen molar-refractivity contribution in [1.29, 1.82) is 0 Å². The number of carbonyl (C=O) groups excluding carboxylic acids is 1. The lowest BCUT2D eigenvalue weighted by molar-refractivity contribution is -0.121. The van der Waals surface area contributed by atoms with Crippen molar-refractivity contribution in [2.75, 3.05) is 0 Å². The van der Waals surface area contributed by atoms with Crippen LogP contribution >= 0.6 is 31.9 Å². The Morgan fingerprint density at radius 1 is 1.03 bits per heavy atom. The van der Waals surface area contributed by atoms with Crippen molar-refractivity contribution in [3.63, 3.8) is 0 Å². The van der Waals surface area contributed by atoms with Crippen molar-refractivity contribution >= 4 is 53.7 Å². The zero-order valence-electron chi connectivity index (χ0n) is 15.1. The Labute approximate surface area is 185 Å². The molecule has 0 aromatic heterocycles. The maximum atomic E-state index is 12.9. The number of guanidine groups is 1. The Balaban J connectivity index is 1.78. The first kappa shape index (κ1) is 20.1. The number of carbonyl (C=O) groups is 1. The number of hydrogen-bond acceptors (Lipinski definition) is 3. The summed E-state index contributed by atoms with van der Waals surface area (Å²) < 4.78 is 31.3. The van der Waals surface area contributed by atoms with Crippen LogP contribution in [0.5, 0.6) is 0 Å². The Morgan fingerprint density at radius 2 is 1.69 bits per heavy atom. The Morgan fingerprint density at radius 3 is 2.34 bits per heavy atom. The van der Waals surface area contributed by atoms with Crippen molar-refractivity contribution in [2.24, 2.45) is 4.40 Å². The lowest BCUT2D eigenvalue weighted by atomic mass is 10.1. The molecule has 2 aromatic carbocycles. The highest BCUT2D eigenvalue weighted by Gasteiger charge is 2.46. The van der Waals surface area contributed by atoms with E-state index in [1.807, 2.05) is 31.2 Å². The minimum Gasteiger partial charge on any atom is -0.331 e. The van der Waals surface area contributed by atoms with Gasteiger partial charge in [-0.25, -0.2) is 0 Å². The monoisotopic (exact) mass is 538 g/mol. The topological polar surface area (TPSA) is 90.9 Å². The number of fused-ring (bicyclic) bond motifs is 1. The minimum atomic E-state index is -3.97. The van der Waals surface area contributed by atoms with Crippen LogP contribution in [0.4, 0.5) is 0 Å². The summed E-state index contributed by atoms with van der Waals surface area (Å²) >= 11 is 6.81. The number of aryl methyl sites for hydroxylation is 1. The molecular formula is C19H16Br2N4O3S. The van der Waals surface area contributed by atoms with E-state index in [9.17, 15) is 13.2 Å². The summed E-state index contributed by atoms with van der Waals surface area (Å²) in [7, 11) is -3.97. The van der Waals surface area contributed by atoms with Crippen LogP contribution in [0.25, 0.3) is 0 Å². The predicted molar refractivity (Wildman–Crippen MR) is 117 cm³/mol. The molecule has 1 fully saturated rings. The van der Waals surface area contributed by atoms with E-state index in [2.05, 4.69) is 46.9 Å². The molecule has 0 saturated carbocycles. The van der Waals surface area contributed by atoms with E-state index < -0.39 is 22.2 Å². The molecule has 1 saturated heterocycles. The molecule has 0 aliphatic carbocycles. The highest BCUT2D eigenvalue weighted by atomic mass is 79.9. The summed E-state index contributed by atoms with van der Waals surface area (Å²) in [6.07, 6.45) is 1.03. The average molecular weight is 540 g/mol. The third-order valence-corrected chi connectivity index (χ3v) is 7.11. The zero-order valence-corrected chi connectivity index (χ0v) is 19.1. The molecule has 2 aliphatic rings. The van der Waals surface area contributed by atoms with Crippen molar-refractivity contribution < 1.29 is 13.2 Å². The zero-order chi connectivity index (χ0) is 20.8. The van der Waals surface area contributed by atoms with E-state index in [1.54, 1.807) is 23.2 Å². The SMILES string of the molecule is Cc1ccc(S(=O)(=O)/N=C2\NC=C(Br)C3NC(=O)C(c4ccc(Br)cc4)N23)cc1. The quantitative estimate of drug-likeness (QED) is 0.625. The van der Waals surface area contributed by atoms with Gasteiger partial charge in [-0.05, 0) is 52.7 Å². The number of rotatable bonds is 3. The molecule has 10 heteroatoms. The summed E-state index contributed by atoms with van der Waals surface area (Å²) in [6.45, 7) is 1.88. The molecule has 0 radical (unpaired) electrons. The number of sulfonamides is 1. The largest absolute Gasteiger partial charge is 0.331 e. The van der Waals surface area contributed by atoms with Crippen molar-refractivity contribution in [3.8, 4) is 0 Å². The lowest BCUT2D eigenvalue weighted by Crippen LogP contribution is -2.50. The van der Waals surface area contributed by atoms with Gasteiger partial charge in [0.05, 0.1) is 9.38 Å². The summed E-state index contributed by atoms with van der Waals surface area (Å²) in [4.78, 5) is 14.5. The Kier molecular flexibility index (Phi) is 5.26. The van der Waals surface area contributed by atoms with Gasteiger partial charge in [0, 0.05) is 10.7 Å². The maximum Gasteiger partial charge on any atom is 0.285 e. The minimum absolute atomic E-state index is 0.0741. The van der Waals surface area contributed by atoms with E-state index in [0.717, 1.165) is 15.6 Å². The van der Waals surface area contributed by atoms with Gasteiger partial charge in [-0.1, -0.05) is 45.8 Å². The van der Waals surface area contributed by atoms with Gasteiger partial charge < -0.3 is 15.5 Å². The maximum absolute atomic E-state index is 12.9. The molecule has 7 nitrogen and oxygen atoms in total. The lowest BCUT2D eigenvalue weighted by Gasteiger charge is -2.33. The fraction of sp³-hybridized carbons (Fsp3) is 0.158. The second-order valence-electron chi connectivity index (χ2n) is 6.65. The molecule has 0 bridgehead atoms. The first-order chi connectivity index (χ1) is 13.8. The van der Waals surface area contributed by atoms with Crippen LogP contribution in [0, 0.1) is 6.92 Å².